The van der Waals surface area contributed by atoms with E-state index >= 15 is 0 Å². The Morgan fingerprint density at radius 3 is 2.88 bits per heavy atom. The van der Waals surface area contributed by atoms with E-state index in [-0.39, 0.29) is 11.9 Å². The fourth-order valence-corrected chi connectivity index (χ4v) is 3.23. The Morgan fingerprint density at radius 1 is 1.29 bits per heavy atom. The molecule has 4 heteroatoms. The molecule has 0 saturated carbocycles. The van der Waals surface area contributed by atoms with Crippen molar-refractivity contribution < 1.29 is 4.79 Å². The number of carbonyl (C=O) groups excluding carboxylic acids is 1. The minimum atomic E-state index is -0.293. The molecule has 0 aliphatic carbocycles. The molecule has 1 N–H and O–H groups in total. The molecule has 0 bridgehead atoms. The van der Waals surface area contributed by atoms with Gasteiger partial charge in [-0.05, 0) is 50.5 Å². The largest absolute Gasteiger partial charge is 0.360 e. The van der Waals surface area contributed by atoms with Crippen LogP contribution >= 0.6 is 0 Å². The number of para-hydroxylation sites is 1. The van der Waals surface area contributed by atoms with Crippen molar-refractivity contribution in [3.05, 3.63) is 59.2 Å². The monoisotopic (exact) mass is 319 g/mol. The Labute approximate surface area is 142 Å². The lowest BCUT2D eigenvalue weighted by molar-refractivity contribution is -0.117. The van der Waals surface area contributed by atoms with Crippen LogP contribution in [0.15, 0.2) is 42.5 Å². The number of nitrogens with zero attached hydrogens (tertiary/aromatic N) is 2. The number of hydrogen-bond acceptors (Lipinski definition) is 3. The molecule has 0 spiro atoms. The Bertz CT molecular complexity index is 807. The summed E-state index contributed by atoms with van der Waals surface area (Å²) in [6.07, 6.45) is 2.10. The topological polar surface area (TPSA) is 56.1 Å². The maximum atomic E-state index is 12.7. The highest BCUT2D eigenvalue weighted by atomic mass is 16.2. The number of carbonyl (C=O) groups is 1. The van der Waals surface area contributed by atoms with Crippen molar-refractivity contribution in [1.29, 1.82) is 5.26 Å². The van der Waals surface area contributed by atoms with Crippen molar-refractivity contribution in [1.82, 2.24) is 0 Å². The summed E-state index contributed by atoms with van der Waals surface area (Å²) in [5.41, 5.74) is 4.74. The van der Waals surface area contributed by atoms with Gasteiger partial charge in [-0.1, -0.05) is 29.8 Å². The van der Waals surface area contributed by atoms with E-state index in [9.17, 15) is 4.79 Å². The van der Waals surface area contributed by atoms with E-state index in [0.29, 0.717) is 11.3 Å². The second-order valence-electron chi connectivity index (χ2n) is 6.25. The fourth-order valence-electron chi connectivity index (χ4n) is 3.23. The molecule has 1 heterocycles. The fraction of sp³-hybridized carbons (Fsp3) is 0.300. The standard InChI is InChI=1S/C20H21N3O/c1-14-9-10-19-16(12-14)7-5-11-23(19)15(2)20(24)22-18-8-4-3-6-17(18)13-21/h3-4,6,8-10,12,15H,5,7,11H2,1-2H3,(H,22,24)/t15-/m0/s1. The molecular formula is C20H21N3O. The van der Waals surface area contributed by atoms with E-state index in [1.54, 1.807) is 18.2 Å². The zero-order chi connectivity index (χ0) is 17.1. The molecule has 122 valence electrons. The van der Waals surface area contributed by atoms with E-state index in [1.807, 2.05) is 13.0 Å². The van der Waals surface area contributed by atoms with Crippen LogP contribution in [-0.2, 0) is 11.2 Å². The van der Waals surface area contributed by atoms with E-state index in [2.05, 4.69) is 41.4 Å². The van der Waals surface area contributed by atoms with Gasteiger partial charge in [0, 0.05) is 12.2 Å². The van der Waals surface area contributed by atoms with Gasteiger partial charge in [-0.3, -0.25) is 4.79 Å². The van der Waals surface area contributed by atoms with E-state index < -0.39 is 0 Å². The van der Waals surface area contributed by atoms with Crippen LogP contribution in [0.3, 0.4) is 0 Å². The lowest BCUT2D eigenvalue weighted by atomic mass is 9.98. The average Bonchev–Trinajstić information content (AvgIpc) is 2.60. The van der Waals surface area contributed by atoms with Crippen molar-refractivity contribution in [2.24, 2.45) is 0 Å². The minimum absolute atomic E-state index is 0.0916. The molecule has 0 fully saturated rings. The van der Waals surface area contributed by atoms with Crippen LogP contribution in [0.25, 0.3) is 0 Å². The molecule has 4 nitrogen and oxygen atoms in total. The number of fused-ring (bicyclic) bond motifs is 1. The number of nitrogens with one attached hydrogen (secondary N) is 1. The number of aryl methyl sites for hydroxylation is 2. The summed E-state index contributed by atoms with van der Waals surface area (Å²) < 4.78 is 0. The second kappa shape index (κ2) is 6.76. The zero-order valence-electron chi connectivity index (χ0n) is 14.0. The van der Waals surface area contributed by atoms with E-state index in [0.717, 1.165) is 25.1 Å². The maximum absolute atomic E-state index is 12.7. The highest BCUT2D eigenvalue weighted by Gasteiger charge is 2.26. The lowest BCUT2D eigenvalue weighted by Gasteiger charge is -2.35. The first-order valence-corrected chi connectivity index (χ1v) is 8.26. The Balaban J connectivity index is 1.81. The molecule has 2 aromatic rings. The smallest absolute Gasteiger partial charge is 0.246 e. The van der Waals surface area contributed by atoms with E-state index in [1.165, 1.54) is 11.1 Å². The van der Waals surface area contributed by atoms with Gasteiger partial charge in [-0.2, -0.15) is 5.26 Å². The first kappa shape index (κ1) is 16.1. The number of hydrogen-bond donors (Lipinski definition) is 1. The van der Waals surface area contributed by atoms with Crippen LogP contribution in [-0.4, -0.2) is 18.5 Å². The number of anilines is 2. The van der Waals surface area contributed by atoms with Gasteiger partial charge in [0.15, 0.2) is 0 Å². The van der Waals surface area contributed by atoms with E-state index in [4.69, 9.17) is 5.26 Å². The maximum Gasteiger partial charge on any atom is 0.246 e. The third-order valence-corrected chi connectivity index (χ3v) is 4.54. The summed E-state index contributed by atoms with van der Waals surface area (Å²) >= 11 is 0. The summed E-state index contributed by atoms with van der Waals surface area (Å²) in [5.74, 6) is -0.0916. The highest BCUT2D eigenvalue weighted by Crippen LogP contribution is 2.30. The molecule has 0 unspecified atom stereocenters. The van der Waals surface area contributed by atoms with Crippen LogP contribution < -0.4 is 10.2 Å². The second-order valence-corrected chi connectivity index (χ2v) is 6.25. The predicted octanol–water partition coefficient (Wildman–Crippen LogP) is 3.65. The van der Waals surface area contributed by atoms with Crippen molar-refractivity contribution in [3.8, 4) is 6.07 Å². The first-order chi connectivity index (χ1) is 11.6. The number of rotatable bonds is 3. The quantitative estimate of drug-likeness (QED) is 0.939. The Morgan fingerprint density at radius 2 is 2.08 bits per heavy atom. The lowest BCUT2D eigenvalue weighted by Crippen LogP contribution is -2.44. The van der Waals surface area contributed by atoms with Gasteiger partial charge in [0.1, 0.15) is 12.1 Å². The Hall–Kier alpha value is -2.80. The summed E-state index contributed by atoms with van der Waals surface area (Å²) in [4.78, 5) is 14.8. The van der Waals surface area contributed by atoms with Crippen LogP contribution in [0.2, 0.25) is 0 Å². The molecule has 1 aliphatic heterocycles. The number of benzene rings is 2. The zero-order valence-corrected chi connectivity index (χ0v) is 14.0. The summed E-state index contributed by atoms with van der Waals surface area (Å²) in [6, 6.07) is 15.3. The highest BCUT2D eigenvalue weighted by molar-refractivity contribution is 5.97. The summed E-state index contributed by atoms with van der Waals surface area (Å²) in [5, 5.41) is 12.1. The van der Waals surface area contributed by atoms with Crippen LogP contribution in [0.4, 0.5) is 11.4 Å². The Kier molecular flexibility index (Phi) is 4.52. The van der Waals surface area contributed by atoms with Gasteiger partial charge in [-0.25, -0.2) is 0 Å². The minimum Gasteiger partial charge on any atom is -0.360 e. The third kappa shape index (κ3) is 3.11. The van der Waals surface area contributed by atoms with Gasteiger partial charge in [0.2, 0.25) is 5.91 Å². The predicted molar refractivity (Wildman–Crippen MR) is 96.1 cm³/mol. The van der Waals surface area contributed by atoms with Gasteiger partial charge >= 0.3 is 0 Å². The molecule has 0 aromatic heterocycles. The first-order valence-electron chi connectivity index (χ1n) is 8.26. The molecule has 0 radical (unpaired) electrons. The molecule has 1 atom stereocenters. The van der Waals surface area contributed by atoms with Crippen molar-refractivity contribution in [3.63, 3.8) is 0 Å². The molecule has 1 aliphatic rings. The normalized spacial score (nSPS) is 14.5. The molecule has 24 heavy (non-hydrogen) atoms. The summed E-state index contributed by atoms with van der Waals surface area (Å²) in [6.45, 7) is 4.87. The SMILES string of the molecule is Cc1ccc2c(c1)CCCN2[C@@H](C)C(=O)Nc1ccccc1C#N. The van der Waals surface area contributed by atoms with Crippen LogP contribution in [0, 0.1) is 18.3 Å². The number of amides is 1. The molecule has 2 aromatic carbocycles. The van der Waals surface area contributed by atoms with Crippen LogP contribution in [0.1, 0.15) is 30.0 Å². The van der Waals surface area contributed by atoms with Gasteiger partial charge in [0.05, 0.1) is 11.3 Å². The van der Waals surface area contributed by atoms with Gasteiger partial charge in [0.25, 0.3) is 0 Å². The van der Waals surface area contributed by atoms with Crippen molar-refractivity contribution in [2.45, 2.75) is 32.7 Å². The third-order valence-electron chi connectivity index (χ3n) is 4.54. The number of nitriles is 1. The summed E-state index contributed by atoms with van der Waals surface area (Å²) in [7, 11) is 0. The van der Waals surface area contributed by atoms with Crippen LogP contribution in [0.5, 0.6) is 0 Å². The average molecular weight is 319 g/mol. The molecule has 3 rings (SSSR count). The van der Waals surface area contributed by atoms with Gasteiger partial charge < -0.3 is 10.2 Å². The van der Waals surface area contributed by atoms with Crippen molar-refractivity contribution >= 4 is 17.3 Å². The molecule has 1 amide bonds. The molecular weight excluding hydrogens is 298 g/mol. The molecule has 0 saturated heterocycles. The van der Waals surface area contributed by atoms with Gasteiger partial charge in [-0.15, -0.1) is 0 Å². The van der Waals surface area contributed by atoms with Crippen molar-refractivity contribution in [2.75, 3.05) is 16.8 Å².